The fourth-order valence-electron chi connectivity index (χ4n) is 2.31. The molecule has 0 saturated carbocycles. The molecule has 0 radical (unpaired) electrons. The Kier molecular flexibility index (Phi) is 6.14. The van der Waals surface area contributed by atoms with E-state index in [0.29, 0.717) is 17.1 Å². The molecule has 1 heterocycles. The SMILES string of the molecule is COc1cccc(C(NS(=O)(=O)N(C)CCC#N)c2nccn2C)c1. The van der Waals surface area contributed by atoms with Crippen molar-refractivity contribution < 1.29 is 13.2 Å². The van der Waals surface area contributed by atoms with Gasteiger partial charge in [0, 0.05) is 39.5 Å². The number of imidazole rings is 1. The highest BCUT2D eigenvalue weighted by atomic mass is 32.2. The summed E-state index contributed by atoms with van der Waals surface area (Å²) in [5.74, 6) is 1.17. The molecule has 9 heteroatoms. The third-order valence-electron chi connectivity index (χ3n) is 3.76. The number of ether oxygens (including phenoxy) is 1. The molecule has 0 aliphatic carbocycles. The maximum Gasteiger partial charge on any atom is 0.280 e. The third-order valence-corrected chi connectivity index (χ3v) is 5.30. The zero-order chi connectivity index (χ0) is 18.4. The van der Waals surface area contributed by atoms with Crippen LogP contribution < -0.4 is 9.46 Å². The van der Waals surface area contributed by atoms with E-state index in [1.165, 1.54) is 7.05 Å². The fourth-order valence-corrected chi connectivity index (χ4v) is 3.36. The van der Waals surface area contributed by atoms with Crippen LogP contribution in [-0.4, -0.2) is 43.0 Å². The number of nitrogens with one attached hydrogen (secondary N) is 1. The first-order chi connectivity index (χ1) is 11.9. The van der Waals surface area contributed by atoms with Gasteiger partial charge >= 0.3 is 0 Å². The monoisotopic (exact) mass is 363 g/mol. The highest BCUT2D eigenvalue weighted by Gasteiger charge is 2.27. The van der Waals surface area contributed by atoms with Crippen LogP contribution in [0.2, 0.25) is 0 Å². The summed E-state index contributed by atoms with van der Waals surface area (Å²) in [4.78, 5) is 4.28. The van der Waals surface area contributed by atoms with Gasteiger partial charge in [0.05, 0.1) is 13.2 Å². The lowest BCUT2D eigenvalue weighted by Crippen LogP contribution is -2.41. The predicted octanol–water partition coefficient (Wildman–Crippen LogP) is 1.20. The normalized spacial score (nSPS) is 12.8. The molecule has 0 fully saturated rings. The summed E-state index contributed by atoms with van der Waals surface area (Å²) < 4.78 is 36.0. The lowest BCUT2D eigenvalue weighted by atomic mass is 10.1. The molecule has 1 unspecified atom stereocenters. The van der Waals surface area contributed by atoms with Gasteiger partial charge in [-0.2, -0.15) is 22.7 Å². The average molecular weight is 363 g/mol. The number of aryl methyl sites for hydroxylation is 1. The van der Waals surface area contributed by atoms with Crippen LogP contribution in [-0.2, 0) is 17.3 Å². The molecule has 0 saturated heterocycles. The Morgan fingerprint density at radius 3 is 2.84 bits per heavy atom. The number of nitriles is 1. The van der Waals surface area contributed by atoms with Crippen molar-refractivity contribution in [2.24, 2.45) is 7.05 Å². The van der Waals surface area contributed by atoms with Crippen molar-refractivity contribution in [2.75, 3.05) is 20.7 Å². The van der Waals surface area contributed by atoms with Crippen molar-refractivity contribution >= 4 is 10.2 Å². The minimum atomic E-state index is -3.80. The Morgan fingerprint density at radius 2 is 2.24 bits per heavy atom. The van der Waals surface area contributed by atoms with E-state index in [1.54, 1.807) is 55.4 Å². The van der Waals surface area contributed by atoms with Crippen molar-refractivity contribution in [3.63, 3.8) is 0 Å². The topological polar surface area (TPSA) is 100 Å². The zero-order valence-electron chi connectivity index (χ0n) is 14.4. The molecular weight excluding hydrogens is 342 g/mol. The summed E-state index contributed by atoms with van der Waals surface area (Å²) in [7, 11) is 0.972. The molecule has 1 atom stereocenters. The van der Waals surface area contributed by atoms with E-state index in [0.717, 1.165) is 4.31 Å². The summed E-state index contributed by atoms with van der Waals surface area (Å²) in [6.45, 7) is 0.108. The fraction of sp³-hybridized carbons (Fsp3) is 0.375. The second-order valence-electron chi connectivity index (χ2n) is 5.46. The Morgan fingerprint density at radius 1 is 1.48 bits per heavy atom. The number of hydrogen-bond acceptors (Lipinski definition) is 5. The molecule has 134 valence electrons. The van der Waals surface area contributed by atoms with Gasteiger partial charge in [0.1, 0.15) is 17.6 Å². The lowest BCUT2D eigenvalue weighted by molar-refractivity contribution is 0.413. The minimum Gasteiger partial charge on any atom is -0.497 e. The van der Waals surface area contributed by atoms with Crippen molar-refractivity contribution in [3.05, 3.63) is 48.0 Å². The number of aromatic nitrogens is 2. The molecule has 1 aromatic heterocycles. The van der Waals surface area contributed by atoms with Crippen LogP contribution in [0.4, 0.5) is 0 Å². The maximum atomic E-state index is 12.6. The van der Waals surface area contributed by atoms with Crippen molar-refractivity contribution in [1.82, 2.24) is 18.6 Å². The van der Waals surface area contributed by atoms with Gasteiger partial charge in [-0.3, -0.25) is 0 Å². The van der Waals surface area contributed by atoms with E-state index >= 15 is 0 Å². The molecule has 0 amide bonds. The van der Waals surface area contributed by atoms with Crippen LogP contribution in [0.5, 0.6) is 5.75 Å². The zero-order valence-corrected chi connectivity index (χ0v) is 15.2. The molecule has 2 rings (SSSR count). The third kappa shape index (κ3) is 4.57. The van der Waals surface area contributed by atoms with Gasteiger partial charge in [-0.15, -0.1) is 0 Å². The van der Waals surface area contributed by atoms with Gasteiger partial charge in [-0.1, -0.05) is 12.1 Å². The predicted molar refractivity (Wildman–Crippen MR) is 93.0 cm³/mol. The molecule has 0 aliphatic heterocycles. The van der Waals surface area contributed by atoms with Gasteiger partial charge in [0.25, 0.3) is 10.2 Å². The summed E-state index contributed by atoms with van der Waals surface area (Å²) in [5, 5.41) is 8.67. The molecule has 1 N–H and O–H groups in total. The van der Waals surface area contributed by atoms with Crippen molar-refractivity contribution in [1.29, 1.82) is 5.26 Å². The molecule has 0 spiro atoms. The Hall–Kier alpha value is -2.41. The summed E-state index contributed by atoms with van der Waals surface area (Å²) >= 11 is 0. The van der Waals surface area contributed by atoms with Gasteiger partial charge in [0.15, 0.2) is 0 Å². The van der Waals surface area contributed by atoms with Gasteiger partial charge in [0.2, 0.25) is 0 Å². The quantitative estimate of drug-likeness (QED) is 0.759. The molecule has 8 nitrogen and oxygen atoms in total. The van der Waals surface area contributed by atoms with Crippen LogP contribution in [0, 0.1) is 11.3 Å². The molecule has 0 bridgehead atoms. The number of benzene rings is 1. The lowest BCUT2D eigenvalue weighted by Gasteiger charge is -2.23. The summed E-state index contributed by atoms with van der Waals surface area (Å²) in [6, 6.07) is 8.39. The van der Waals surface area contributed by atoms with Crippen LogP contribution in [0.1, 0.15) is 23.9 Å². The first-order valence-electron chi connectivity index (χ1n) is 7.60. The molecular formula is C16H21N5O3S. The van der Waals surface area contributed by atoms with E-state index in [9.17, 15) is 8.42 Å². The average Bonchev–Trinajstić information content (AvgIpc) is 3.03. The van der Waals surface area contributed by atoms with E-state index in [2.05, 4.69) is 9.71 Å². The maximum absolute atomic E-state index is 12.6. The van der Waals surface area contributed by atoms with E-state index < -0.39 is 16.3 Å². The van der Waals surface area contributed by atoms with Crippen molar-refractivity contribution in [3.8, 4) is 11.8 Å². The summed E-state index contributed by atoms with van der Waals surface area (Å²) in [5.41, 5.74) is 0.700. The molecule has 1 aromatic carbocycles. The number of nitrogens with zero attached hydrogens (tertiary/aromatic N) is 4. The number of rotatable bonds is 8. The molecule has 0 aliphatic rings. The Bertz CT molecular complexity index is 857. The van der Waals surface area contributed by atoms with Gasteiger partial charge in [-0.25, -0.2) is 4.98 Å². The summed E-state index contributed by atoms with van der Waals surface area (Å²) in [6.07, 6.45) is 3.47. The van der Waals surface area contributed by atoms with Crippen molar-refractivity contribution in [2.45, 2.75) is 12.5 Å². The highest BCUT2D eigenvalue weighted by molar-refractivity contribution is 7.87. The minimum absolute atomic E-state index is 0.108. The largest absolute Gasteiger partial charge is 0.497 e. The van der Waals surface area contributed by atoms with E-state index in [1.807, 2.05) is 6.07 Å². The van der Waals surface area contributed by atoms with Gasteiger partial charge < -0.3 is 9.30 Å². The molecule has 25 heavy (non-hydrogen) atoms. The smallest absolute Gasteiger partial charge is 0.280 e. The van der Waals surface area contributed by atoms with Gasteiger partial charge in [-0.05, 0) is 17.7 Å². The van der Waals surface area contributed by atoms with E-state index in [-0.39, 0.29) is 13.0 Å². The molecule has 2 aromatic rings. The Balaban J connectivity index is 2.39. The number of methoxy groups -OCH3 is 1. The first kappa shape index (κ1) is 18.9. The van der Waals surface area contributed by atoms with Crippen LogP contribution in [0.3, 0.4) is 0 Å². The van der Waals surface area contributed by atoms with E-state index in [4.69, 9.17) is 10.00 Å². The van der Waals surface area contributed by atoms with Crippen LogP contribution in [0.25, 0.3) is 0 Å². The second kappa shape index (κ2) is 8.11. The van der Waals surface area contributed by atoms with Crippen LogP contribution >= 0.6 is 0 Å². The second-order valence-corrected chi connectivity index (χ2v) is 7.27. The highest BCUT2D eigenvalue weighted by Crippen LogP contribution is 2.25. The Labute approximate surface area is 147 Å². The first-order valence-corrected chi connectivity index (χ1v) is 9.04. The standard InChI is InChI=1S/C16H21N5O3S/c1-20-11-9-18-16(20)15(13-6-4-7-14(12-13)24-3)19-25(22,23)21(2)10-5-8-17/h4,6-7,9,11-12,15,19H,5,10H2,1-3H3. The number of hydrogen-bond donors (Lipinski definition) is 1. The van der Waals surface area contributed by atoms with Crippen LogP contribution in [0.15, 0.2) is 36.7 Å².